The van der Waals surface area contributed by atoms with Crippen LogP contribution in [-0.4, -0.2) is 28.7 Å². The van der Waals surface area contributed by atoms with E-state index in [4.69, 9.17) is 11.6 Å². The number of hydrogen-bond acceptors (Lipinski definition) is 3. The van der Waals surface area contributed by atoms with Gasteiger partial charge in [-0.3, -0.25) is 0 Å². The van der Waals surface area contributed by atoms with E-state index >= 15 is 0 Å². The molecule has 0 saturated carbocycles. The number of aromatic nitrogens is 3. The molecule has 0 N–H and O–H groups in total. The lowest BCUT2D eigenvalue weighted by Crippen LogP contribution is -2.45. The molecule has 0 amide bonds. The predicted octanol–water partition coefficient (Wildman–Crippen LogP) is 4.66. The van der Waals surface area contributed by atoms with Crippen LogP contribution in [0.15, 0.2) is 17.4 Å². The number of nitrogens with zero attached hydrogens (tertiary/aromatic N) is 3. The Morgan fingerprint density at radius 1 is 1.26 bits per heavy atom. The fraction of sp³-hybridized carbons (Fsp3) is 0.538. The number of hydrogen-bond donors (Lipinski definition) is 0. The van der Waals surface area contributed by atoms with Gasteiger partial charge in [0.05, 0.1) is 5.39 Å². The summed E-state index contributed by atoms with van der Waals surface area (Å²) >= 11 is 7.78. The molecule has 3 nitrogen and oxygen atoms in total. The summed E-state index contributed by atoms with van der Waals surface area (Å²) in [6.45, 7) is 11.6. The Morgan fingerprint density at radius 3 is 2.42 bits per heavy atom. The van der Waals surface area contributed by atoms with Gasteiger partial charge in [-0.2, -0.15) is 0 Å². The van der Waals surface area contributed by atoms with Gasteiger partial charge < -0.3 is 4.23 Å². The normalized spacial score (nSPS) is 13.2. The van der Waals surface area contributed by atoms with Crippen molar-refractivity contribution in [3.63, 3.8) is 0 Å². The molecule has 2 aromatic rings. The molecule has 0 bridgehead atoms. The fourth-order valence-electron chi connectivity index (χ4n) is 1.86. The molecule has 0 aliphatic heterocycles. The Labute approximate surface area is 124 Å². The van der Waals surface area contributed by atoms with Crippen molar-refractivity contribution >= 4 is 42.6 Å². The van der Waals surface area contributed by atoms with Crippen LogP contribution in [0.5, 0.6) is 0 Å². The Morgan fingerprint density at radius 2 is 1.89 bits per heavy atom. The molecule has 0 aromatic carbocycles. The molecule has 0 fully saturated rings. The van der Waals surface area contributed by atoms with Crippen LogP contribution < -0.4 is 0 Å². The SMILES string of the molecule is CSc1nc(Cl)c2ccn([Si](C)(C)C(C)(C)C)c2n1. The lowest BCUT2D eigenvalue weighted by atomic mass is 10.2. The number of rotatable bonds is 2. The maximum Gasteiger partial charge on any atom is 0.190 e. The highest BCUT2D eigenvalue weighted by molar-refractivity contribution is 7.98. The van der Waals surface area contributed by atoms with Gasteiger partial charge >= 0.3 is 0 Å². The van der Waals surface area contributed by atoms with Gasteiger partial charge in [0.15, 0.2) is 13.4 Å². The summed E-state index contributed by atoms with van der Waals surface area (Å²) in [4.78, 5) is 8.96. The zero-order valence-corrected chi connectivity index (χ0v) is 14.9. The van der Waals surface area contributed by atoms with Crippen molar-refractivity contribution in [1.82, 2.24) is 14.2 Å². The van der Waals surface area contributed by atoms with E-state index in [9.17, 15) is 0 Å². The average molecular weight is 314 g/mol. The third kappa shape index (κ3) is 2.43. The fourth-order valence-corrected chi connectivity index (χ4v) is 4.37. The van der Waals surface area contributed by atoms with Crippen LogP contribution in [0.3, 0.4) is 0 Å². The van der Waals surface area contributed by atoms with Crippen molar-refractivity contribution in [2.75, 3.05) is 6.26 Å². The van der Waals surface area contributed by atoms with Crippen molar-refractivity contribution in [2.45, 2.75) is 44.1 Å². The number of halogens is 1. The van der Waals surface area contributed by atoms with Gasteiger partial charge in [-0.05, 0) is 23.6 Å². The van der Waals surface area contributed by atoms with Crippen LogP contribution in [0, 0.1) is 0 Å². The van der Waals surface area contributed by atoms with Gasteiger partial charge in [0.25, 0.3) is 0 Å². The maximum atomic E-state index is 6.26. The van der Waals surface area contributed by atoms with Crippen molar-refractivity contribution in [3.8, 4) is 0 Å². The minimum Gasteiger partial charge on any atom is -0.359 e. The van der Waals surface area contributed by atoms with Gasteiger partial charge in [0.2, 0.25) is 0 Å². The summed E-state index contributed by atoms with van der Waals surface area (Å²) in [6.07, 6.45) is 4.09. The zero-order chi connectivity index (χ0) is 14.4. The Hall–Kier alpha value is -0.523. The quantitative estimate of drug-likeness (QED) is 0.350. The molecule has 2 rings (SSSR count). The Balaban J connectivity index is 2.72. The van der Waals surface area contributed by atoms with Crippen LogP contribution in [0.25, 0.3) is 11.0 Å². The molecular weight excluding hydrogens is 294 g/mol. The first kappa shape index (κ1) is 14.9. The van der Waals surface area contributed by atoms with Gasteiger partial charge in [0.1, 0.15) is 10.8 Å². The largest absolute Gasteiger partial charge is 0.359 e. The highest BCUT2D eigenvalue weighted by Crippen LogP contribution is 2.39. The number of fused-ring (bicyclic) bond motifs is 1. The van der Waals surface area contributed by atoms with E-state index in [-0.39, 0.29) is 5.04 Å². The lowest BCUT2D eigenvalue weighted by molar-refractivity contribution is 0.701. The van der Waals surface area contributed by atoms with Gasteiger partial charge in [-0.1, -0.05) is 57.2 Å². The van der Waals surface area contributed by atoms with Gasteiger partial charge in [0, 0.05) is 0 Å². The molecule has 2 aromatic heterocycles. The summed E-state index contributed by atoms with van der Waals surface area (Å²) < 4.78 is 2.34. The summed E-state index contributed by atoms with van der Waals surface area (Å²) in [6, 6.07) is 2.03. The second kappa shape index (κ2) is 4.79. The average Bonchev–Trinajstić information content (AvgIpc) is 2.71. The van der Waals surface area contributed by atoms with Crippen LogP contribution in [-0.2, 0) is 0 Å². The van der Waals surface area contributed by atoms with Crippen molar-refractivity contribution < 1.29 is 0 Å². The molecule has 0 aliphatic rings. The molecule has 0 spiro atoms. The third-order valence-corrected chi connectivity index (χ3v) is 10.2. The van der Waals surface area contributed by atoms with E-state index in [1.807, 2.05) is 12.3 Å². The summed E-state index contributed by atoms with van der Waals surface area (Å²) in [5, 5.41) is 2.47. The molecule has 0 radical (unpaired) electrons. The lowest BCUT2D eigenvalue weighted by Gasteiger charge is -2.38. The van der Waals surface area contributed by atoms with Crippen LogP contribution in [0.2, 0.25) is 23.3 Å². The second-order valence-corrected chi connectivity index (χ2v) is 12.5. The van der Waals surface area contributed by atoms with E-state index in [1.54, 1.807) is 0 Å². The topological polar surface area (TPSA) is 30.7 Å². The van der Waals surface area contributed by atoms with Crippen LogP contribution >= 0.6 is 23.4 Å². The van der Waals surface area contributed by atoms with E-state index < -0.39 is 8.24 Å². The monoisotopic (exact) mass is 313 g/mol. The number of thioether (sulfide) groups is 1. The molecular formula is C13H20ClN3SSi. The maximum absolute atomic E-state index is 6.26. The molecule has 19 heavy (non-hydrogen) atoms. The van der Waals surface area contributed by atoms with Crippen molar-refractivity contribution in [3.05, 3.63) is 17.4 Å². The van der Waals surface area contributed by atoms with E-state index in [0.29, 0.717) is 5.15 Å². The summed E-state index contributed by atoms with van der Waals surface area (Å²) in [5.41, 5.74) is 0.968. The standard InChI is InChI=1S/C13H20ClN3SSi/c1-13(2,3)19(5,6)17-8-7-9-10(14)15-12(18-4)16-11(9)17/h7-8H,1-6H3. The molecule has 0 saturated heterocycles. The minimum absolute atomic E-state index is 0.246. The first-order valence-electron chi connectivity index (χ1n) is 6.27. The molecule has 6 heteroatoms. The van der Waals surface area contributed by atoms with Crippen LogP contribution in [0.1, 0.15) is 20.8 Å². The second-order valence-electron chi connectivity index (χ2n) is 6.23. The molecule has 0 aliphatic carbocycles. The summed E-state index contributed by atoms with van der Waals surface area (Å²) in [7, 11) is -1.69. The van der Waals surface area contributed by atoms with E-state index in [1.165, 1.54) is 11.8 Å². The van der Waals surface area contributed by atoms with Crippen LogP contribution in [0.4, 0.5) is 0 Å². The Kier molecular flexibility index (Phi) is 3.75. The van der Waals surface area contributed by atoms with Gasteiger partial charge in [-0.15, -0.1) is 0 Å². The van der Waals surface area contributed by atoms with E-state index in [2.05, 4.69) is 54.3 Å². The predicted molar refractivity (Wildman–Crippen MR) is 86.9 cm³/mol. The van der Waals surface area contributed by atoms with Gasteiger partial charge in [-0.25, -0.2) is 9.97 Å². The van der Waals surface area contributed by atoms with Crippen molar-refractivity contribution in [2.24, 2.45) is 0 Å². The van der Waals surface area contributed by atoms with Crippen molar-refractivity contribution in [1.29, 1.82) is 0 Å². The first-order valence-corrected chi connectivity index (χ1v) is 10.8. The Bertz CT molecular complexity index is 616. The zero-order valence-electron chi connectivity index (χ0n) is 12.3. The first-order chi connectivity index (χ1) is 8.68. The molecule has 104 valence electrons. The highest BCUT2D eigenvalue weighted by Gasteiger charge is 2.38. The molecule has 2 heterocycles. The highest BCUT2D eigenvalue weighted by atomic mass is 35.5. The third-order valence-electron chi connectivity index (χ3n) is 4.10. The smallest absolute Gasteiger partial charge is 0.190 e. The van der Waals surface area contributed by atoms with E-state index in [0.717, 1.165) is 16.2 Å². The molecule has 0 unspecified atom stereocenters. The minimum atomic E-state index is -1.69. The summed E-state index contributed by atoms with van der Waals surface area (Å²) in [5.74, 6) is 0. The molecule has 0 atom stereocenters.